The Morgan fingerprint density at radius 1 is 1.07 bits per heavy atom. The van der Waals surface area contributed by atoms with E-state index in [1.54, 1.807) is 12.1 Å². The van der Waals surface area contributed by atoms with Gasteiger partial charge in [0, 0.05) is 30.8 Å². The van der Waals surface area contributed by atoms with E-state index in [1.165, 1.54) is 26.6 Å². The lowest BCUT2D eigenvalue weighted by Gasteiger charge is -2.17. The summed E-state index contributed by atoms with van der Waals surface area (Å²) in [5, 5.41) is 9.33. The first-order valence-electron chi connectivity index (χ1n) is 8.29. The molecule has 0 amide bonds. The van der Waals surface area contributed by atoms with Crippen LogP contribution in [0.3, 0.4) is 0 Å². The van der Waals surface area contributed by atoms with Gasteiger partial charge in [-0.05, 0) is 18.6 Å². The highest BCUT2D eigenvalue weighted by atomic mass is 35.5. The number of halogens is 2. The minimum Gasteiger partial charge on any atom is -0.493 e. The summed E-state index contributed by atoms with van der Waals surface area (Å²) in [6.45, 7) is 0.0902. The zero-order valence-corrected chi connectivity index (χ0v) is 16.8. The maximum Gasteiger partial charge on any atom is 0.303 e. The number of aromatic nitrogens is 1. The molecule has 0 aliphatic rings. The number of pyridine rings is 1. The van der Waals surface area contributed by atoms with E-state index in [4.69, 9.17) is 42.5 Å². The zero-order chi connectivity index (χ0) is 20.7. The largest absolute Gasteiger partial charge is 0.493 e. The molecule has 1 N–H and O–H groups in total. The van der Waals surface area contributed by atoms with Gasteiger partial charge in [0.05, 0.1) is 36.4 Å². The Bertz CT molecular complexity index is 851. The van der Waals surface area contributed by atoms with Gasteiger partial charge in [0.15, 0.2) is 17.3 Å². The van der Waals surface area contributed by atoms with Crippen LogP contribution in [-0.4, -0.2) is 42.7 Å². The number of ketones is 1. The van der Waals surface area contributed by atoms with Crippen LogP contribution < -0.4 is 14.2 Å². The average Bonchev–Trinajstić information content (AvgIpc) is 2.67. The van der Waals surface area contributed by atoms with E-state index >= 15 is 0 Å². The molecule has 1 aromatic carbocycles. The number of hydrogen-bond donors (Lipinski definition) is 1. The lowest BCUT2D eigenvalue weighted by Crippen LogP contribution is -2.11. The number of benzene rings is 1. The summed E-state index contributed by atoms with van der Waals surface area (Å²) in [5.41, 5.74) is 0.701. The summed E-state index contributed by atoms with van der Waals surface area (Å²) in [6, 6.07) is 3.14. The molecule has 7 nitrogen and oxygen atoms in total. The highest BCUT2D eigenvalue weighted by molar-refractivity contribution is 6.36. The van der Waals surface area contributed by atoms with Gasteiger partial charge in [-0.3, -0.25) is 14.6 Å². The molecule has 2 aromatic rings. The standard InChI is InChI=1S/C19H19Cl2NO6/c1-26-16-6-5-11(15(23)8-12-13(20)9-22-10-14(12)21)18(19(16)27-2)28-7-3-4-17(24)25/h5-6,9-10H,3-4,7-8H2,1-2H3,(H,24,25). The van der Waals surface area contributed by atoms with Crippen molar-refractivity contribution < 1.29 is 28.9 Å². The molecule has 0 saturated heterocycles. The Kier molecular flexibility index (Phi) is 7.90. The number of carbonyl (C=O) groups excluding carboxylic acids is 1. The fourth-order valence-electron chi connectivity index (χ4n) is 2.52. The Hall–Kier alpha value is -2.51. The summed E-state index contributed by atoms with van der Waals surface area (Å²) in [6.07, 6.45) is 2.96. The van der Waals surface area contributed by atoms with Crippen molar-refractivity contribution in [3.05, 3.63) is 45.7 Å². The number of carboxylic acids is 1. The number of aliphatic carboxylic acids is 1. The summed E-state index contributed by atoms with van der Waals surface area (Å²) in [4.78, 5) is 27.5. The second-order valence-corrected chi connectivity index (χ2v) is 6.52. The molecular formula is C19H19Cl2NO6. The van der Waals surface area contributed by atoms with Crippen LogP contribution in [0.4, 0.5) is 0 Å². The van der Waals surface area contributed by atoms with E-state index in [0.717, 1.165) is 0 Å². The van der Waals surface area contributed by atoms with Gasteiger partial charge in [0.2, 0.25) is 5.75 Å². The molecule has 0 aliphatic heterocycles. The van der Waals surface area contributed by atoms with Crippen LogP contribution in [0.15, 0.2) is 24.5 Å². The van der Waals surface area contributed by atoms with Gasteiger partial charge in [0.25, 0.3) is 0 Å². The Morgan fingerprint density at radius 3 is 2.32 bits per heavy atom. The van der Waals surface area contributed by atoms with Crippen molar-refractivity contribution in [3.8, 4) is 17.2 Å². The molecule has 0 aliphatic carbocycles. The quantitative estimate of drug-likeness (QED) is 0.450. The van der Waals surface area contributed by atoms with Crippen molar-refractivity contribution in [3.63, 3.8) is 0 Å². The fraction of sp³-hybridized carbons (Fsp3) is 0.316. The van der Waals surface area contributed by atoms with Crippen molar-refractivity contribution in [2.75, 3.05) is 20.8 Å². The van der Waals surface area contributed by atoms with Gasteiger partial charge in [-0.15, -0.1) is 0 Å². The smallest absolute Gasteiger partial charge is 0.303 e. The Balaban J connectivity index is 2.35. The second kappa shape index (κ2) is 10.1. The lowest BCUT2D eigenvalue weighted by molar-refractivity contribution is -0.137. The Morgan fingerprint density at radius 2 is 1.75 bits per heavy atom. The van der Waals surface area contributed by atoms with Crippen molar-refractivity contribution in [2.24, 2.45) is 0 Å². The molecule has 1 aromatic heterocycles. The predicted molar refractivity (Wildman–Crippen MR) is 104 cm³/mol. The highest BCUT2D eigenvalue weighted by Crippen LogP contribution is 2.41. The molecule has 0 radical (unpaired) electrons. The van der Waals surface area contributed by atoms with Crippen LogP contribution in [-0.2, 0) is 11.2 Å². The van der Waals surface area contributed by atoms with E-state index < -0.39 is 5.97 Å². The first-order chi connectivity index (χ1) is 13.4. The third-order valence-corrected chi connectivity index (χ3v) is 4.52. The zero-order valence-electron chi connectivity index (χ0n) is 15.3. The number of rotatable bonds is 10. The van der Waals surface area contributed by atoms with E-state index in [-0.39, 0.29) is 58.8 Å². The van der Waals surface area contributed by atoms with Crippen molar-refractivity contribution >= 4 is 35.0 Å². The Labute approximate surface area is 172 Å². The van der Waals surface area contributed by atoms with Crippen molar-refractivity contribution in [1.29, 1.82) is 0 Å². The summed E-state index contributed by atoms with van der Waals surface area (Å²) in [7, 11) is 2.89. The molecule has 1 heterocycles. The number of carboxylic acid groups (broad SMARTS) is 1. The molecule has 2 rings (SSSR count). The molecule has 0 fully saturated rings. The van der Waals surface area contributed by atoms with E-state index in [1.807, 2.05) is 0 Å². The number of nitrogens with zero attached hydrogens (tertiary/aromatic N) is 1. The molecule has 0 unspecified atom stereocenters. The minimum absolute atomic E-state index is 0.0577. The molecule has 0 spiro atoms. The molecule has 28 heavy (non-hydrogen) atoms. The number of methoxy groups -OCH3 is 2. The topological polar surface area (TPSA) is 95.0 Å². The van der Waals surface area contributed by atoms with E-state index in [9.17, 15) is 9.59 Å². The van der Waals surface area contributed by atoms with Gasteiger partial charge in [0.1, 0.15) is 0 Å². The summed E-state index contributed by atoms with van der Waals surface area (Å²) in [5.74, 6) is -0.426. The van der Waals surface area contributed by atoms with Gasteiger partial charge >= 0.3 is 5.97 Å². The molecule has 0 bridgehead atoms. The molecular weight excluding hydrogens is 409 g/mol. The number of Topliss-reactive ketones (excluding diaryl/α,β-unsaturated/α-hetero) is 1. The van der Waals surface area contributed by atoms with Crippen LogP contribution in [0, 0.1) is 0 Å². The van der Waals surface area contributed by atoms with E-state index in [2.05, 4.69) is 4.98 Å². The minimum atomic E-state index is -0.931. The van der Waals surface area contributed by atoms with Gasteiger partial charge in [-0.25, -0.2) is 0 Å². The van der Waals surface area contributed by atoms with Crippen molar-refractivity contribution in [2.45, 2.75) is 19.3 Å². The molecule has 0 atom stereocenters. The molecule has 0 saturated carbocycles. The van der Waals surface area contributed by atoms with Gasteiger partial charge < -0.3 is 19.3 Å². The van der Waals surface area contributed by atoms with Gasteiger partial charge in [-0.2, -0.15) is 0 Å². The van der Waals surface area contributed by atoms with Crippen LogP contribution in [0.2, 0.25) is 10.0 Å². The first kappa shape index (κ1) is 21.8. The molecule has 150 valence electrons. The predicted octanol–water partition coefficient (Wildman–Crippen LogP) is 4.07. The maximum atomic E-state index is 12.9. The molecule has 9 heteroatoms. The van der Waals surface area contributed by atoms with Crippen LogP contribution >= 0.6 is 23.2 Å². The summed E-state index contributed by atoms with van der Waals surface area (Å²) >= 11 is 12.2. The number of hydrogen-bond acceptors (Lipinski definition) is 6. The van der Waals surface area contributed by atoms with Gasteiger partial charge in [-0.1, -0.05) is 23.2 Å². The van der Waals surface area contributed by atoms with Crippen LogP contribution in [0.5, 0.6) is 17.2 Å². The van der Waals surface area contributed by atoms with E-state index in [0.29, 0.717) is 11.3 Å². The van der Waals surface area contributed by atoms with Crippen LogP contribution in [0.1, 0.15) is 28.8 Å². The SMILES string of the molecule is COc1ccc(C(=O)Cc2c(Cl)cncc2Cl)c(OCCCC(=O)O)c1OC. The monoisotopic (exact) mass is 427 g/mol. The first-order valence-corrected chi connectivity index (χ1v) is 9.05. The average molecular weight is 428 g/mol. The number of ether oxygens (including phenoxy) is 3. The summed E-state index contributed by atoms with van der Waals surface area (Å²) < 4.78 is 16.3. The maximum absolute atomic E-state index is 12.9. The third kappa shape index (κ3) is 5.27. The van der Waals surface area contributed by atoms with Crippen molar-refractivity contribution in [1.82, 2.24) is 4.98 Å². The lowest BCUT2D eigenvalue weighted by atomic mass is 10.0. The third-order valence-electron chi connectivity index (χ3n) is 3.87. The highest BCUT2D eigenvalue weighted by Gasteiger charge is 2.23. The van der Waals surface area contributed by atoms with Crippen LogP contribution in [0.25, 0.3) is 0 Å². The normalized spacial score (nSPS) is 10.4. The fourth-order valence-corrected chi connectivity index (χ4v) is 3.02. The second-order valence-electron chi connectivity index (χ2n) is 5.71. The number of carbonyl (C=O) groups is 2.